The Labute approximate surface area is 397 Å². The molecule has 0 saturated heterocycles. The third-order valence-corrected chi connectivity index (χ3v) is 12.5. The Morgan fingerprint density at radius 2 is 1.23 bits per heavy atom. The highest BCUT2D eigenvalue weighted by Crippen LogP contribution is 2.43. The predicted octanol–water partition coefficient (Wildman–Crippen LogP) is 7.37. The zero-order chi connectivity index (χ0) is 52.5. The Hall–Kier alpha value is -6.18. The average molecular weight is 1020 g/mol. The van der Waals surface area contributed by atoms with Crippen molar-refractivity contribution >= 4 is 23.6 Å². The van der Waals surface area contributed by atoms with Crippen LogP contribution < -0.4 is 21.4 Å². The molecule has 2 saturated carbocycles. The van der Waals surface area contributed by atoms with Gasteiger partial charge in [-0.2, -0.15) is 54.1 Å². The second-order valence-corrected chi connectivity index (χ2v) is 18.7. The number of hydrogen-bond acceptors (Lipinski definition) is 8. The number of hydrazine groups is 1. The van der Waals surface area contributed by atoms with Gasteiger partial charge in [0, 0.05) is 54.0 Å². The number of carbonyl (C=O) groups excluding carboxylic acids is 4. The zero-order valence-corrected chi connectivity index (χ0v) is 38.2. The number of aliphatic hydroxyl groups excluding tert-OH is 1. The van der Waals surface area contributed by atoms with Crippen molar-refractivity contribution in [1.82, 2.24) is 45.9 Å². The summed E-state index contributed by atoms with van der Waals surface area (Å²) in [4.78, 5) is 54.0. The highest BCUT2D eigenvalue weighted by molar-refractivity contribution is 5.91. The van der Waals surface area contributed by atoms with Gasteiger partial charge in [0.25, 0.3) is 5.91 Å². The lowest BCUT2D eigenvalue weighted by Gasteiger charge is -2.38. The fourth-order valence-electron chi connectivity index (χ4n) is 7.33. The van der Waals surface area contributed by atoms with E-state index in [0.29, 0.717) is 80.8 Å². The Balaban J connectivity index is 1.38. The van der Waals surface area contributed by atoms with Crippen molar-refractivity contribution in [1.29, 1.82) is 0 Å². The molecule has 4 amide bonds. The molecule has 2 aliphatic rings. The molecule has 388 valence electrons. The van der Waals surface area contributed by atoms with E-state index in [0.717, 1.165) is 24.7 Å². The molecule has 14 nitrogen and oxygen atoms in total. The van der Waals surface area contributed by atoms with E-state index in [9.17, 15) is 68.2 Å². The van der Waals surface area contributed by atoms with E-state index in [2.05, 4.69) is 31.6 Å². The van der Waals surface area contributed by atoms with E-state index in [1.165, 1.54) is 24.3 Å². The van der Waals surface area contributed by atoms with E-state index in [1.54, 1.807) is 0 Å². The molecule has 0 aliphatic heterocycles. The summed E-state index contributed by atoms with van der Waals surface area (Å²) >= 11 is 0. The maximum atomic E-state index is 16.0. The zero-order valence-electron chi connectivity index (χ0n) is 38.2. The summed E-state index contributed by atoms with van der Waals surface area (Å²) in [6.07, 6.45) is -8.72. The molecule has 5 N–H and O–H groups in total. The fourth-order valence-corrected chi connectivity index (χ4v) is 7.33. The molecule has 2 aliphatic carbocycles. The lowest BCUT2D eigenvalue weighted by molar-refractivity contribution is -0.222. The molecule has 4 aromatic rings. The maximum Gasteiger partial charge on any atom is 0.396 e. The summed E-state index contributed by atoms with van der Waals surface area (Å²) in [5, 5.41) is 26.2. The van der Waals surface area contributed by atoms with Crippen LogP contribution >= 0.6 is 0 Å². The third-order valence-electron chi connectivity index (χ3n) is 12.5. The molecular weight excluding hydrogens is 975 g/mol. The Bertz CT molecular complexity index is 2530. The number of alkyl halides is 10. The second-order valence-electron chi connectivity index (χ2n) is 18.7. The smallest absolute Gasteiger partial charge is 0.390 e. The summed E-state index contributed by atoms with van der Waals surface area (Å²) < 4.78 is 173. The number of carbonyl (C=O) groups is 4. The van der Waals surface area contributed by atoms with E-state index < -0.39 is 133 Å². The normalized spacial score (nSPS) is 16.5. The van der Waals surface area contributed by atoms with Crippen molar-refractivity contribution in [2.24, 2.45) is 22.7 Å². The monoisotopic (exact) mass is 1020 g/mol. The van der Waals surface area contributed by atoms with Crippen molar-refractivity contribution in [3.63, 3.8) is 0 Å². The lowest BCUT2D eigenvalue weighted by atomic mass is 9.82. The quantitative estimate of drug-likeness (QED) is 0.0425. The molecule has 2 aromatic carbocycles. The molecule has 2 fully saturated rings. The standard InChI is InChI=1S/C45H49F12N9O5/c1-42(2,44(52,53)54)34(60-36(68)24-9-10-24)38(70)59-32(15-22-5-7-23(8-6-22)27-18-58-66(19-27)41(50)51)33(67)21-64(63-39(71)35(43(3,4)45(55,56)57)61-37(69)25-11-12-25)20-28-29(46)16-26(17-30(28)47)31-13-14-65(62-31)40(48)49/h5-8,13-14,16-19,24-25,32-35,40-41,67H,9-12,15,20-21H2,1-4H3,(H,59,70)(H,60,68)(H,61,69)(H,63,71). The van der Waals surface area contributed by atoms with Crippen molar-refractivity contribution in [2.45, 2.75) is 116 Å². The number of nitrogens with one attached hydrogen (secondary N) is 4. The number of nitrogens with zero attached hydrogens (tertiary/aromatic N) is 5. The van der Waals surface area contributed by atoms with Gasteiger partial charge >= 0.3 is 25.5 Å². The summed E-state index contributed by atoms with van der Waals surface area (Å²) in [7, 11) is 0. The van der Waals surface area contributed by atoms with Crippen LogP contribution in [0.15, 0.2) is 61.1 Å². The van der Waals surface area contributed by atoms with Gasteiger partial charge in [0.2, 0.25) is 17.7 Å². The first-order chi connectivity index (χ1) is 33.0. The van der Waals surface area contributed by atoms with Crippen LogP contribution in [0.25, 0.3) is 22.4 Å². The average Bonchev–Trinajstić information content (AvgIpc) is 4.21. The molecule has 0 bridgehead atoms. The largest absolute Gasteiger partial charge is 0.396 e. The molecule has 6 rings (SSSR count). The molecule has 4 unspecified atom stereocenters. The summed E-state index contributed by atoms with van der Waals surface area (Å²) in [6.45, 7) is -5.85. The van der Waals surface area contributed by atoms with E-state index in [1.807, 2.05) is 0 Å². The Morgan fingerprint density at radius 1 is 0.718 bits per heavy atom. The topological polar surface area (TPSA) is 176 Å². The van der Waals surface area contributed by atoms with E-state index >= 15 is 8.78 Å². The van der Waals surface area contributed by atoms with Crippen LogP contribution in [0.1, 0.15) is 77.6 Å². The van der Waals surface area contributed by atoms with Crippen LogP contribution in [0.3, 0.4) is 0 Å². The highest BCUT2D eigenvalue weighted by atomic mass is 19.4. The predicted molar refractivity (Wildman–Crippen MR) is 227 cm³/mol. The van der Waals surface area contributed by atoms with Crippen molar-refractivity contribution in [3.8, 4) is 22.4 Å². The van der Waals surface area contributed by atoms with Crippen LogP contribution in [0, 0.1) is 34.3 Å². The van der Waals surface area contributed by atoms with E-state index in [4.69, 9.17) is 0 Å². The van der Waals surface area contributed by atoms with Gasteiger partial charge in [-0.05, 0) is 89.1 Å². The summed E-state index contributed by atoms with van der Waals surface area (Å²) in [5.74, 6) is -9.12. The molecule has 2 aromatic heterocycles. The van der Waals surface area contributed by atoms with Gasteiger partial charge in [-0.15, -0.1) is 0 Å². The molecule has 2 heterocycles. The first-order valence-corrected chi connectivity index (χ1v) is 22.0. The van der Waals surface area contributed by atoms with Gasteiger partial charge in [-0.25, -0.2) is 23.2 Å². The number of aliphatic hydroxyl groups is 1. The number of hydrogen-bond donors (Lipinski definition) is 5. The number of rotatable bonds is 21. The fraction of sp³-hybridized carbons (Fsp3) is 0.511. The van der Waals surface area contributed by atoms with Crippen LogP contribution in [0.2, 0.25) is 0 Å². The van der Waals surface area contributed by atoms with Crippen molar-refractivity contribution in [3.05, 3.63) is 83.8 Å². The lowest BCUT2D eigenvalue weighted by Crippen LogP contribution is -2.64. The van der Waals surface area contributed by atoms with Gasteiger partial charge < -0.3 is 21.1 Å². The number of amides is 4. The highest BCUT2D eigenvalue weighted by Gasteiger charge is 2.57. The van der Waals surface area contributed by atoms with E-state index in [-0.39, 0.29) is 27.1 Å². The first kappa shape index (κ1) is 54.2. The van der Waals surface area contributed by atoms with Gasteiger partial charge in [-0.3, -0.25) is 24.6 Å². The third kappa shape index (κ3) is 12.8. The summed E-state index contributed by atoms with van der Waals surface area (Å²) in [6, 6.07) is 1.41. The summed E-state index contributed by atoms with van der Waals surface area (Å²) in [5.41, 5.74) is -4.72. The number of halogens is 12. The van der Waals surface area contributed by atoms with Gasteiger partial charge in [-0.1, -0.05) is 24.3 Å². The van der Waals surface area contributed by atoms with Crippen molar-refractivity contribution in [2.75, 3.05) is 6.54 Å². The minimum atomic E-state index is -5.18. The molecular formula is C45H49F12N9O5. The molecule has 4 atom stereocenters. The first-order valence-electron chi connectivity index (χ1n) is 22.0. The van der Waals surface area contributed by atoms with Crippen LogP contribution in [-0.4, -0.2) is 96.4 Å². The number of aromatic nitrogens is 4. The van der Waals surface area contributed by atoms with Gasteiger partial charge in [0.15, 0.2) is 0 Å². The molecule has 0 radical (unpaired) electrons. The van der Waals surface area contributed by atoms with Crippen LogP contribution in [0.5, 0.6) is 0 Å². The molecule has 0 spiro atoms. The van der Waals surface area contributed by atoms with Crippen LogP contribution in [0.4, 0.5) is 52.7 Å². The number of benzene rings is 2. The SMILES string of the molecule is CC(C)(C(NC(=O)C1CC1)C(=O)NC(Cc1ccc(-c2cnn(C(F)F)c2)cc1)C(O)CN(Cc1c(F)cc(-c2ccn(C(F)F)n2)cc1F)NC(=O)C(NC(=O)C1CC1)C(C)(C)C(F)(F)F)C(F)(F)F. The van der Waals surface area contributed by atoms with Crippen LogP contribution in [-0.2, 0) is 32.1 Å². The van der Waals surface area contributed by atoms with Crippen molar-refractivity contribution < 1.29 is 77.0 Å². The Kier molecular flexibility index (Phi) is 15.9. The second kappa shape index (κ2) is 20.9. The van der Waals surface area contributed by atoms with Gasteiger partial charge in [0.05, 0.1) is 34.9 Å². The minimum absolute atomic E-state index is 0.195. The maximum absolute atomic E-state index is 16.0. The molecule has 71 heavy (non-hydrogen) atoms. The Morgan fingerprint density at radius 3 is 1.68 bits per heavy atom. The minimum Gasteiger partial charge on any atom is -0.390 e. The van der Waals surface area contributed by atoms with Gasteiger partial charge in [0.1, 0.15) is 23.7 Å². The molecule has 26 heteroatoms.